The van der Waals surface area contributed by atoms with Crippen molar-refractivity contribution >= 4 is 5.97 Å². The van der Waals surface area contributed by atoms with Crippen LogP contribution in [0.3, 0.4) is 0 Å². The summed E-state index contributed by atoms with van der Waals surface area (Å²) in [7, 11) is 3.69. The molecule has 5 nitrogen and oxygen atoms in total. The minimum Gasteiger partial charge on any atom is -0.468 e. The Hall–Kier alpha value is -0.650. The fourth-order valence-corrected chi connectivity index (χ4v) is 3.84. The van der Waals surface area contributed by atoms with Crippen molar-refractivity contribution in [1.29, 1.82) is 0 Å². The molecule has 0 radical (unpaired) electrons. The van der Waals surface area contributed by atoms with Gasteiger partial charge in [0.25, 0.3) is 0 Å². The number of rotatable bonds is 7. The number of hydrogen-bond acceptors (Lipinski definition) is 5. The Kier molecular flexibility index (Phi) is 6.02. The number of likely N-dealkylation sites (tertiary alicyclic amines) is 1. The molecule has 0 aromatic heterocycles. The highest BCUT2D eigenvalue weighted by atomic mass is 16.5. The van der Waals surface area contributed by atoms with Crippen molar-refractivity contribution in [2.45, 2.75) is 50.6 Å². The summed E-state index contributed by atoms with van der Waals surface area (Å²) < 4.78 is 5.03. The van der Waals surface area contributed by atoms with Crippen LogP contribution in [-0.4, -0.2) is 74.2 Å². The third kappa shape index (κ3) is 3.96. The Bertz CT molecular complexity index is 344. The summed E-state index contributed by atoms with van der Waals surface area (Å²) in [5, 5.41) is 3.38. The lowest BCUT2D eigenvalue weighted by Crippen LogP contribution is -2.52. The van der Waals surface area contributed by atoms with Crippen molar-refractivity contribution in [2.75, 3.05) is 46.9 Å². The maximum atomic E-state index is 12.1. The molecule has 1 heterocycles. The van der Waals surface area contributed by atoms with Crippen molar-refractivity contribution in [3.63, 3.8) is 0 Å². The van der Waals surface area contributed by atoms with E-state index in [1.807, 2.05) is 0 Å². The summed E-state index contributed by atoms with van der Waals surface area (Å²) in [5.74, 6) is -0.0974. The van der Waals surface area contributed by atoms with Crippen LogP contribution in [0.1, 0.15) is 39.0 Å². The zero-order valence-electron chi connectivity index (χ0n) is 13.9. The molecule has 5 heteroatoms. The normalized spacial score (nSPS) is 30.2. The van der Waals surface area contributed by atoms with E-state index in [2.05, 4.69) is 29.1 Å². The van der Waals surface area contributed by atoms with Crippen LogP contribution >= 0.6 is 0 Å². The molecule has 2 aliphatic rings. The zero-order chi connectivity index (χ0) is 15.3. The van der Waals surface area contributed by atoms with Crippen LogP contribution in [0.25, 0.3) is 0 Å². The van der Waals surface area contributed by atoms with E-state index in [1.54, 1.807) is 0 Å². The largest absolute Gasteiger partial charge is 0.468 e. The fraction of sp³-hybridized carbons (Fsp3) is 0.938. The van der Waals surface area contributed by atoms with E-state index >= 15 is 0 Å². The van der Waals surface area contributed by atoms with E-state index in [0.29, 0.717) is 6.04 Å². The van der Waals surface area contributed by atoms with E-state index in [1.165, 1.54) is 33.0 Å². The number of methoxy groups -OCH3 is 1. The Morgan fingerprint density at radius 3 is 2.76 bits per heavy atom. The van der Waals surface area contributed by atoms with Gasteiger partial charge in [0.15, 0.2) is 0 Å². The van der Waals surface area contributed by atoms with Crippen molar-refractivity contribution in [1.82, 2.24) is 15.1 Å². The molecule has 0 spiro atoms. The van der Waals surface area contributed by atoms with Gasteiger partial charge in [-0.3, -0.25) is 4.79 Å². The lowest BCUT2D eigenvalue weighted by molar-refractivity contribution is -0.148. The average molecular weight is 297 g/mol. The van der Waals surface area contributed by atoms with Gasteiger partial charge in [0, 0.05) is 19.1 Å². The van der Waals surface area contributed by atoms with Crippen LogP contribution < -0.4 is 5.32 Å². The highest BCUT2D eigenvalue weighted by Gasteiger charge is 2.46. The second kappa shape index (κ2) is 7.56. The fourth-order valence-electron chi connectivity index (χ4n) is 3.84. The van der Waals surface area contributed by atoms with Gasteiger partial charge in [0.05, 0.1) is 7.11 Å². The maximum Gasteiger partial charge on any atom is 0.326 e. The Labute approximate surface area is 129 Å². The summed E-state index contributed by atoms with van der Waals surface area (Å²) in [6.45, 7) is 7.60. The molecule has 2 atom stereocenters. The zero-order valence-corrected chi connectivity index (χ0v) is 13.9. The number of nitrogens with one attached hydrogen (secondary N) is 1. The van der Waals surface area contributed by atoms with Crippen LogP contribution in [0.4, 0.5) is 0 Å². The van der Waals surface area contributed by atoms with Crippen LogP contribution in [0, 0.1) is 0 Å². The topological polar surface area (TPSA) is 44.8 Å². The molecule has 2 fully saturated rings. The number of hydrogen-bond donors (Lipinski definition) is 1. The summed E-state index contributed by atoms with van der Waals surface area (Å²) in [6, 6.07) is 0.478. The summed E-state index contributed by atoms with van der Waals surface area (Å²) in [5.41, 5.74) is -0.462. The molecular weight excluding hydrogens is 266 g/mol. The number of carbonyl (C=O) groups excluding carboxylic acids is 1. The predicted molar refractivity (Wildman–Crippen MR) is 84.4 cm³/mol. The van der Waals surface area contributed by atoms with Gasteiger partial charge >= 0.3 is 5.97 Å². The van der Waals surface area contributed by atoms with E-state index in [4.69, 9.17) is 4.74 Å². The third-order valence-corrected chi connectivity index (χ3v) is 5.17. The smallest absolute Gasteiger partial charge is 0.326 e. The Balaban J connectivity index is 1.85. The van der Waals surface area contributed by atoms with Gasteiger partial charge in [-0.2, -0.15) is 0 Å². The first-order chi connectivity index (χ1) is 10.1. The molecule has 0 amide bonds. The molecule has 1 saturated carbocycles. The van der Waals surface area contributed by atoms with E-state index in [-0.39, 0.29) is 5.97 Å². The molecule has 2 unspecified atom stereocenters. The van der Waals surface area contributed by atoms with Crippen molar-refractivity contribution in [3.8, 4) is 0 Å². The summed E-state index contributed by atoms with van der Waals surface area (Å²) >= 11 is 0. The molecule has 0 aromatic carbocycles. The molecule has 122 valence electrons. The molecule has 0 aromatic rings. The van der Waals surface area contributed by atoms with Crippen molar-refractivity contribution in [3.05, 3.63) is 0 Å². The average Bonchev–Trinajstić information content (AvgIpc) is 3.14. The lowest BCUT2D eigenvalue weighted by Gasteiger charge is -2.30. The first kappa shape index (κ1) is 16.7. The minimum atomic E-state index is -0.462. The first-order valence-corrected chi connectivity index (χ1v) is 8.37. The number of nitrogens with zero attached hydrogens (tertiary/aromatic N) is 2. The van der Waals surface area contributed by atoms with Gasteiger partial charge < -0.3 is 19.9 Å². The second-order valence-corrected chi connectivity index (χ2v) is 6.53. The molecule has 2 rings (SSSR count). The van der Waals surface area contributed by atoms with Gasteiger partial charge in [0.1, 0.15) is 5.54 Å². The molecule has 1 aliphatic carbocycles. The molecular formula is C16H31N3O2. The molecule has 1 aliphatic heterocycles. The van der Waals surface area contributed by atoms with Crippen LogP contribution in [-0.2, 0) is 9.53 Å². The van der Waals surface area contributed by atoms with E-state index in [0.717, 1.165) is 38.9 Å². The van der Waals surface area contributed by atoms with Crippen LogP contribution in [0.2, 0.25) is 0 Å². The number of carbonyl (C=O) groups is 1. The van der Waals surface area contributed by atoms with Gasteiger partial charge in [0.2, 0.25) is 0 Å². The van der Waals surface area contributed by atoms with E-state index < -0.39 is 5.54 Å². The minimum absolute atomic E-state index is 0.0974. The Morgan fingerprint density at radius 2 is 2.14 bits per heavy atom. The van der Waals surface area contributed by atoms with Gasteiger partial charge in [-0.05, 0) is 58.8 Å². The van der Waals surface area contributed by atoms with E-state index in [9.17, 15) is 4.79 Å². The SMILES string of the molecule is CCNC1(C(=O)OC)CCC(N(C)CCN2CCCC2)C1. The molecule has 1 saturated heterocycles. The predicted octanol–water partition coefficient (Wildman–Crippen LogP) is 1.09. The van der Waals surface area contributed by atoms with Crippen LogP contribution in [0.15, 0.2) is 0 Å². The second-order valence-electron chi connectivity index (χ2n) is 6.53. The quantitative estimate of drug-likeness (QED) is 0.713. The Morgan fingerprint density at radius 1 is 1.43 bits per heavy atom. The van der Waals surface area contributed by atoms with Crippen molar-refractivity contribution < 1.29 is 9.53 Å². The maximum absolute atomic E-state index is 12.1. The standard InChI is InChI=1S/C16H31N3O2/c1-4-17-16(15(20)21-3)8-7-14(13-16)18(2)11-12-19-9-5-6-10-19/h14,17H,4-13H2,1-3H3. The summed E-state index contributed by atoms with van der Waals surface area (Å²) in [4.78, 5) is 17.1. The monoisotopic (exact) mass is 297 g/mol. The highest BCUT2D eigenvalue weighted by molar-refractivity contribution is 5.81. The number of esters is 1. The van der Waals surface area contributed by atoms with Crippen LogP contribution in [0.5, 0.6) is 0 Å². The van der Waals surface area contributed by atoms with Gasteiger partial charge in [-0.25, -0.2) is 0 Å². The lowest BCUT2D eigenvalue weighted by atomic mass is 9.97. The van der Waals surface area contributed by atoms with Gasteiger partial charge in [-0.1, -0.05) is 6.92 Å². The number of ether oxygens (including phenoxy) is 1. The molecule has 21 heavy (non-hydrogen) atoms. The third-order valence-electron chi connectivity index (χ3n) is 5.17. The molecule has 1 N–H and O–H groups in total. The van der Waals surface area contributed by atoms with Crippen molar-refractivity contribution in [2.24, 2.45) is 0 Å². The molecule has 0 bridgehead atoms. The number of likely N-dealkylation sites (N-methyl/N-ethyl adjacent to an activating group) is 2. The first-order valence-electron chi connectivity index (χ1n) is 8.37. The summed E-state index contributed by atoms with van der Waals surface area (Å²) in [6.07, 6.45) is 5.51. The van der Waals surface area contributed by atoms with Gasteiger partial charge in [-0.15, -0.1) is 0 Å². The highest BCUT2D eigenvalue weighted by Crippen LogP contribution is 2.33.